The third-order valence-corrected chi connectivity index (χ3v) is 3.37. The van der Waals surface area contributed by atoms with Gasteiger partial charge in [0.15, 0.2) is 5.11 Å². The van der Waals surface area contributed by atoms with Gasteiger partial charge in [0.1, 0.15) is 12.1 Å². The summed E-state index contributed by atoms with van der Waals surface area (Å²) in [4.78, 5) is 12.3. The fraction of sp³-hybridized carbons (Fsp3) is 0.0667. The molecule has 0 fully saturated rings. The molecular weight excluding hydrogens is 312 g/mol. The van der Waals surface area contributed by atoms with Crippen molar-refractivity contribution >= 4 is 40.0 Å². The van der Waals surface area contributed by atoms with Gasteiger partial charge in [0.05, 0.1) is 11.2 Å². The Balaban J connectivity index is 1.76. The average molecular weight is 326 g/mol. The highest BCUT2D eigenvalue weighted by molar-refractivity contribution is 7.80. The van der Waals surface area contributed by atoms with E-state index in [9.17, 15) is 4.79 Å². The Morgan fingerprint density at radius 3 is 2.61 bits per heavy atom. The average Bonchev–Trinajstić information content (AvgIpc) is 2.96. The van der Waals surface area contributed by atoms with Crippen LogP contribution in [0.3, 0.4) is 0 Å². The number of carbonyl (C=O) groups is 1. The molecule has 1 aromatic heterocycles. The second-order valence-electron chi connectivity index (χ2n) is 4.78. The molecule has 0 aliphatic heterocycles. The van der Waals surface area contributed by atoms with Crippen LogP contribution in [0.1, 0.15) is 0 Å². The van der Waals surface area contributed by atoms with Crippen molar-refractivity contribution in [3.05, 3.63) is 54.6 Å². The predicted octanol–water partition coefficient (Wildman–Crippen LogP) is 1.21. The number of nitrogens with zero attached hydrogens (tertiary/aromatic N) is 4. The maximum Gasteiger partial charge on any atom is 0.260 e. The van der Waals surface area contributed by atoms with Gasteiger partial charge in [0.2, 0.25) is 0 Å². The molecule has 3 N–H and O–H groups in total. The van der Waals surface area contributed by atoms with Crippen LogP contribution in [0.15, 0.2) is 54.6 Å². The predicted molar refractivity (Wildman–Crippen MR) is 91.4 cm³/mol. The van der Waals surface area contributed by atoms with Crippen LogP contribution < -0.4 is 16.2 Å². The zero-order chi connectivity index (χ0) is 16.2. The maximum atomic E-state index is 12.3. The highest BCUT2D eigenvalue weighted by Gasteiger charge is 2.14. The van der Waals surface area contributed by atoms with E-state index in [0.29, 0.717) is 5.69 Å². The summed E-state index contributed by atoms with van der Waals surface area (Å²) in [7, 11) is 0. The molecule has 0 aliphatic carbocycles. The zero-order valence-corrected chi connectivity index (χ0v) is 12.9. The molecule has 0 saturated heterocycles. The van der Waals surface area contributed by atoms with Gasteiger partial charge in [-0.3, -0.25) is 10.2 Å². The second-order valence-corrected chi connectivity index (χ2v) is 5.20. The lowest BCUT2D eigenvalue weighted by Crippen LogP contribution is -2.50. The molecule has 7 nitrogen and oxygen atoms in total. The molecule has 116 valence electrons. The smallest absolute Gasteiger partial charge is 0.260 e. The van der Waals surface area contributed by atoms with Gasteiger partial charge in [-0.15, -0.1) is 5.10 Å². The number of fused-ring (bicyclic) bond motifs is 1. The first-order valence-corrected chi connectivity index (χ1v) is 7.28. The van der Waals surface area contributed by atoms with Crippen LogP contribution in [0.5, 0.6) is 0 Å². The van der Waals surface area contributed by atoms with Crippen LogP contribution in [0.25, 0.3) is 11.0 Å². The van der Waals surface area contributed by atoms with Crippen LogP contribution in [-0.2, 0) is 11.3 Å². The van der Waals surface area contributed by atoms with Crippen molar-refractivity contribution in [1.29, 1.82) is 0 Å². The Morgan fingerprint density at radius 2 is 1.87 bits per heavy atom. The summed E-state index contributed by atoms with van der Waals surface area (Å²) in [5.74, 6) is -0.308. The number of nitrogens with one attached hydrogen (secondary N) is 1. The Kier molecular flexibility index (Phi) is 4.15. The van der Waals surface area contributed by atoms with Crippen LogP contribution in [0.4, 0.5) is 5.69 Å². The topological polar surface area (TPSA) is 89.1 Å². The number of para-hydroxylation sites is 2. The fourth-order valence-electron chi connectivity index (χ4n) is 2.15. The van der Waals surface area contributed by atoms with E-state index in [-0.39, 0.29) is 17.6 Å². The molecule has 8 heteroatoms. The minimum absolute atomic E-state index is 0.00641. The quantitative estimate of drug-likeness (QED) is 0.555. The second kappa shape index (κ2) is 6.41. The maximum absolute atomic E-state index is 12.3. The van der Waals surface area contributed by atoms with Crippen molar-refractivity contribution < 1.29 is 4.79 Å². The monoisotopic (exact) mass is 326 g/mol. The summed E-state index contributed by atoms with van der Waals surface area (Å²) < 4.78 is 1.52. The Labute approximate surface area is 137 Å². The lowest BCUT2D eigenvalue weighted by Gasteiger charge is -2.23. The number of nitrogens with two attached hydrogens (primary N) is 1. The number of anilines is 1. The highest BCUT2D eigenvalue weighted by atomic mass is 32.1. The van der Waals surface area contributed by atoms with Crippen LogP contribution in [0.2, 0.25) is 0 Å². The molecule has 0 radical (unpaired) electrons. The molecule has 0 spiro atoms. The first-order chi connectivity index (χ1) is 11.1. The number of aromatic nitrogens is 3. The molecule has 23 heavy (non-hydrogen) atoms. The lowest BCUT2D eigenvalue weighted by molar-refractivity contribution is -0.121. The van der Waals surface area contributed by atoms with Crippen LogP contribution in [-0.4, -0.2) is 26.0 Å². The number of hydrogen-bond donors (Lipinski definition) is 2. The highest BCUT2D eigenvalue weighted by Crippen LogP contribution is 2.12. The molecule has 0 atom stereocenters. The van der Waals surface area contributed by atoms with E-state index in [0.717, 1.165) is 11.0 Å². The van der Waals surface area contributed by atoms with Crippen molar-refractivity contribution in [2.24, 2.45) is 5.73 Å². The van der Waals surface area contributed by atoms with Gasteiger partial charge in [0.25, 0.3) is 5.91 Å². The first-order valence-electron chi connectivity index (χ1n) is 6.87. The Morgan fingerprint density at radius 1 is 1.17 bits per heavy atom. The minimum atomic E-state index is -0.308. The van der Waals surface area contributed by atoms with Crippen LogP contribution in [0, 0.1) is 0 Å². The van der Waals surface area contributed by atoms with Gasteiger partial charge >= 0.3 is 0 Å². The molecule has 0 saturated carbocycles. The number of hydrazine groups is 1. The molecule has 1 amide bonds. The van der Waals surface area contributed by atoms with Gasteiger partial charge < -0.3 is 5.73 Å². The first kappa shape index (κ1) is 14.9. The van der Waals surface area contributed by atoms with E-state index in [2.05, 4.69) is 15.7 Å². The Hall–Kier alpha value is -3.00. The number of benzene rings is 2. The van der Waals surface area contributed by atoms with E-state index in [1.807, 2.05) is 42.5 Å². The van der Waals surface area contributed by atoms with Crippen molar-refractivity contribution in [1.82, 2.24) is 20.4 Å². The normalized spacial score (nSPS) is 10.4. The number of carbonyl (C=O) groups excluding carboxylic acids is 1. The zero-order valence-electron chi connectivity index (χ0n) is 12.1. The number of thiocarbonyl (C=S) groups is 1. The summed E-state index contributed by atoms with van der Waals surface area (Å²) in [6, 6.07) is 16.5. The van der Waals surface area contributed by atoms with Crippen LogP contribution >= 0.6 is 12.2 Å². The van der Waals surface area contributed by atoms with Crippen molar-refractivity contribution in [3.8, 4) is 0 Å². The van der Waals surface area contributed by atoms with Gasteiger partial charge in [-0.2, -0.15) is 0 Å². The molecular formula is C15H14N6OS. The minimum Gasteiger partial charge on any atom is -0.374 e. The Bertz CT molecular complexity index is 847. The molecule has 1 heterocycles. The molecule has 0 bridgehead atoms. The molecule has 0 aliphatic rings. The van der Waals surface area contributed by atoms with Crippen molar-refractivity contribution in [3.63, 3.8) is 0 Å². The molecule has 3 aromatic rings. The number of amides is 1. The van der Waals surface area contributed by atoms with E-state index < -0.39 is 0 Å². The van der Waals surface area contributed by atoms with Gasteiger partial charge in [-0.1, -0.05) is 35.5 Å². The molecule has 2 aromatic carbocycles. The van der Waals surface area contributed by atoms with Gasteiger partial charge in [-0.25, -0.2) is 9.69 Å². The van der Waals surface area contributed by atoms with Crippen molar-refractivity contribution in [2.75, 3.05) is 5.01 Å². The largest absolute Gasteiger partial charge is 0.374 e. The summed E-state index contributed by atoms with van der Waals surface area (Å²) in [6.07, 6.45) is 0. The van der Waals surface area contributed by atoms with Gasteiger partial charge in [0, 0.05) is 0 Å². The van der Waals surface area contributed by atoms with Gasteiger partial charge in [-0.05, 0) is 36.5 Å². The number of hydrogen-bond acceptors (Lipinski definition) is 4. The molecule has 3 rings (SSSR count). The van der Waals surface area contributed by atoms with E-state index in [1.165, 1.54) is 9.69 Å². The summed E-state index contributed by atoms with van der Waals surface area (Å²) >= 11 is 5.00. The van der Waals surface area contributed by atoms with E-state index >= 15 is 0 Å². The van der Waals surface area contributed by atoms with E-state index in [4.69, 9.17) is 18.0 Å². The standard InChI is InChI=1S/C15H14N6OS/c16-15(23)21(11-6-2-1-3-7-11)18-14(22)10-20-13-9-5-4-8-12(13)17-19-20/h1-9H,10H2,(H2,16,23)(H,18,22). The SMILES string of the molecule is NC(=S)N(NC(=O)Cn1nnc2ccccc21)c1ccccc1. The summed E-state index contributed by atoms with van der Waals surface area (Å²) in [6.45, 7) is 0.00641. The number of rotatable bonds is 3. The van der Waals surface area contributed by atoms with Crippen molar-refractivity contribution in [2.45, 2.75) is 6.54 Å². The fourth-order valence-corrected chi connectivity index (χ4v) is 2.31. The van der Waals surface area contributed by atoms with E-state index in [1.54, 1.807) is 12.1 Å². The summed E-state index contributed by atoms with van der Waals surface area (Å²) in [5.41, 5.74) is 10.6. The molecule has 0 unspecified atom stereocenters. The summed E-state index contributed by atoms with van der Waals surface area (Å²) in [5, 5.41) is 9.40. The third-order valence-electron chi connectivity index (χ3n) is 3.18. The third kappa shape index (κ3) is 3.27. The lowest BCUT2D eigenvalue weighted by atomic mass is 10.3.